The van der Waals surface area contributed by atoms with Crippen molar-refractivity contribution < 1.29 is 4.39 Å². The Morgan fingerprint density at radius 2 is 1.94 bits per heavy atom. The van der Waals surface area contributed by atoms with Gasteiger partial charge in [-0.15, -0.1) is 0 Å². The topological polar surface area (TPSA) is 26.0 Å². The fourth-order valence-corrected chi connectivity index (χ4v) is 2.71. The van der Waals surface area contributed by atoms with E-state index in [0.717, 1.165) is 31.2 Å². The summed E-state index contributed by atoms with van der Waals surface area (Å²) in [6.07, 6.45) is 6.52. The van der Waals surface area contributed by atoms with Crippen LogP contribution in [0.15, 0.2) is 24.3 Å². The summed E-state index contributed by atoms with van der Waals surface area (Å²) in [6, 6.07) is 8.04. The Kier molecular flexibility index (Phi) is 4.16. The molecule has 2 heteroatoms. The third-order valence-electron chi connectivity index (χ3n) is 3.76. The van der Waals surface area contributed by atoms with E-state index < -0.39 is 5.67 Å². The molecule has 1 aromatic carbocycles. The van der Waals surface area contributed by atoms with Crippen LogP contribution in [-0.2, 0) is 12.1 Å². The molecule has 0 aromatic heterocycles. The highest BCUT2D eigenvalue weighted by Crippen LogP contribution is 2.40. The number of hydrogen-bond donors (Lipinski definition) is 1. The van der Waals surface area contributed by atoms with E-state index in [1.54, 1.807) is 0 Å². The van der Waals surface area contributed by atoms with E-state index in [1.165, 1.54) is 12.0 Å². The molecule has 0 aliphatic heterocycles. The van der Waals surface area contributed by atoms with Gasteiger partial charge >= 0.3 is 0 Å². The Bertz CT molecular complexity index is 356. The molecule has 0 radical (unpaired) electrons. The summed E-state index contributed by atoms with van der Waals surface area (Å²) in [7, 11) is 0. The van der Waals surface area contributed by atoms with Crippen molar-refractivity contribution in [2.24, 2.45) is 5.73 Å². The van der Waals surface area contributed by atoms with Gasteiger partial charge in [-0.1, -0.05) is 30.7 Å². The fourth-order valence-electron chi connectivity index (χ4n) is 2.71. The molecule has 94 valence electrons. The van der Waals surface area contributed by atoms with Gasteiger partial charge in [0, 0.05) is 0 Å². The van der Waals surface area contributed by atoms with Gasteiger partial charge in [0.2, 0.25) is 0 Å². The van der Waals surface area contributed by atoms with Crippen molar-refractivity contribution in [1.29, 1.82) is 0 Å². The van der Waals surface area contributed by atoms with Gasteiger partial charge in [0.05, 0.1) is 0 Å². The number of nitrogens with two attached hydrogens (primary N) is 1. The van der Waals surface area contributed by atoms with E-state index in [1.807, 2.05) is 18.2 Å². The maximum atomic E-state index is 14.8. The minimum Gasteiger partial charge on any atom is -0.330 e. The molecule has 0 atom stereocenters. The van der Waals surface area contributed by atoms with Crippen LogP contribution < -0.4 is 5.73 Å². The van der Waals surface area contributed by atoms with E-state index >= 15 is 0 Å². The molecule has 2 N–H and O–H groups in total. The van der Waals surface area contributed by atoms with Crippen molar-refractivity contribution in [2.75, 3.05) is 6.54 Å². The molecule has 0 amide bonds. The summed E-state index contributed by atoms with van der Waals surface area (Å²) in [5, 5.41) is 0. The molecular weight excluding hydrogens is 213 g/mol. The molecule has 1 aromatic rings. The van der Waals surface area contributed by atoms with Gasteiger partial charge in [0.1, 0.15) is 5.67 Å². The molecule has 1 fully saturated rings. The van der Waals surface area contributed by atoms with Crippen LogP contribution >= 0.6 is 0 Å². The molecule has 0 heterocycles. The molecule has 1 aliphatic carbocycles. The minimum absolute atomic E-state index is 0.688. The third kappa shape index (κ3) is 3.06. The lowest BCUT2D eigenvalue weighted by molar-refractivity contribution is 0.106. The number of benzene rings is 1. The predicted molar refractivity (Wildman–Crippen MR) is 69.7 cm³/mol. The summed E-state index contributed by atoms with van der Waals surface area (Å²) in [6.45, 7) is 0.699. The molecule has 17 heavy (non-hydrogen) atoms. The normalized spacial score (nSPS) is 19.2. The summed E-state index contributed by atoms with van der Waals surface area (Å²) < 4.78 is 14.8. The second-order valence-electron chi connectivity index (χ2n) is 5.12. The van der Waals surface area contributed by atoms with E-state index in [2.05, 4.69) is 6.07 Å². The van der Waals surface area contributed by atoms with Crippen LogP contribution in [0.3, 0.4) is 0 Å². The highest BCUT2D eigenvalue weighted by atomic mass is 19.1. The largest absolute Gasteiger partial charge is 0.330 e. The van der Waals surface area contributed by atoms with Crippen LogP contribution in [0.25, 0.3) is 0 Å². The molecule has 0 bridgehead atoms. The van der Waals surface area contributed by atoms with Crippen molar-refractivity contribution in [1.82, 2.24) is 0 Å². The number of alkyl halides is 1. The van der Waals surface area contributed by atoms with Crippen LogP contribution in [-0.4, -0.2) is 6.54 Å². The second kappa shape index (κ2) is 5.63. The van der Waals surface area contributed by atoms with Crippen molar-refractivity contribution in [3.05, 3.63) is 35.4 Å². The van der Waals surface area contributed by atoms with E-state index in [9.17, 15) is 4.39 Å². The van der Waals surface area contributed by atoms with Gasteiger partial charge in [0.25, 0.3) is 0 Å². The Hall–Kier alpha value is -0.890. The molecule has 0 saturated heterocycles. The number of aryl methyl sites for hydroxylation is 1. The Morgan fingerprint density at radius 3 is 2.65 bits per heavy atom. The van der Waals surface area contributed by atoms with Gasteiger partial charge in [-0.3, -0.25) is 0 Å². The molecule has 1 aliphatic rings. The minimum atomic E-state index is -1.07. The Balaban J connectivity index is 2.14. The van der Waals surface area contributed by atoms with Crippen LogP contribution in [0.4, 0.5) is 4.39 Å². The third-order valence-corrected chi connectivity index (χ3v) is 3.76. The van der Waals surface area contributed by atoms with Gasteiger partial charge in [0.15, 0.2) is 0 Å². The van der Waals surface area contributed by atoms with Gasteiger partial charge in [-0.2, -0.15) is 0 Å². The fraction of sp³-hybridized carbons (Fsp3) is 0.600. The lowest BCUT2D eigenvalue weighted by Crippen LogP contribution is -2.23. The summed E-state index contributed by atoms with van der Waals surface area (Å²) >= 11 is 0. The molecule has 0 spiro atoms. The zero-order valence-corrected chi connectivity index (χ0v) is 10.4. The molecule has 0 unspecified atom stereocenters. The SMILES string of the molecule is NCCCc1cccc(C2(F)CCCCC2)c1. The zero-order valence-electron chi connectivity index (χ0n) is 10.4. The first-order valence-corrected chi connectivity index (χ1v) is 6.73. The first-order valence-electron chi connectivity index (χ1n) is 6.73. The smallest absolute Gasteiger partial charge is 0.136 e. The van der Waals surface area contributed by atoms with Crippen LogP contribution in [0.1, 0.15) is 49.7 Å². The summed E-state index contributed by atoms with van der Waals surface area (Å²) in [5.74, 6) is 0. The second-order valence-corrected chi connectivity index (χ2v) is 5.12. The quantitative estimate of drug-likeness (QED) is 0.846. The van der Waals surface area contributed by atoms with Gasteiger partial charge in [-0.05, 0) is 56.2 Å². The summed E-state index contributed by atoms with van der Waals surface area (Å²) in [4.78, 5) is 0. The number of halogens is 1. The van der Waals surface area contributed by atoms with Gasteiger partial charge in [-0.25, -0.2) is 4.39 Å². The van der Waals surface area contributed by atoms with Crippen LogP contribution in [0, 0.1) is 0 Å². The highest BCUT2D eigenvalue weighted by Gasteiger charge is 2.33. The van der Waals surface area contributed by atoms with E-state index in [4.69, 9.17) is 5.73 Å². The standard InChI is InChI=1S/C15H22FN/c16-15(9-2-1-3-10-15)14-8-4-6-13(12-14)7-5-11-17/h4,6,8,12H,1-3,5,7,9-11,17H2. The van der Waals surface area contributed by atoms with E-state index in [-0.39, 0.29) is 0 Å². The van der Waals surface area contributed by atoms with Crippen molar-refractivity contribution in [3.63, 3.8) is 0 Å². The zero-order chi connectivity index (χ0) is 12.1. The molecular formula is C15H22FN. The molecule has 2 rings (SSSR count). The van der Waals surface area contributed by atoms with Crippen LogP contribution in [0.5, 0.6) is 0 Å². The molecule has 1 saturated carbocycles. The lowest BCUT2D eigenvalue weighted by atomic mass is 9.80. The maximum absolute atomic E-state index is 14.8. The number of rotatable bonds is 4. The lowest BCUT2D eigenvalue weighted by Gasteiger charge is -2.30. The van der Waals surface area contributed by atoms with Gasteiger partial charge < -0.3 is 5.73 Å². The van der Waals surface area contributed by atoms with Crippen molar-refractivity contribution in [3.8, 4) is 0 Å². The highest BCUT2D eigenvalue weighted by molar-refractivity contribution is 5.29. The molecule has 1 nitrogen and oxygen atoms in total. The Morgan fingerprint density at radius 1 is 1.18 bits per heavy atom. The maximum Gasteiger partial charge on any atom is 0.136 e. The average Bonchev–Trinajstić information content (AvgIpc) is 2.38. The summed E-state index contributed by atoms with van der Waals surface area (Å²) in [5.41, 5.74) is 6.54. The predicted octanol–water partition coefficient (Wildman–Crippen LogP) is 3.71. The Labute approximate surface area is 103 Å². The monoisotopic (exact) mass is 235 g/mol. The van der Waals surface area contributed by atoms with Crippen LogP contribution in [0.2, 0.25) is 0 Å². The average molecular weight is 235 g/mol. The first-order chi connectivity index (χ1) is 8.24. The van der Waals surface area contributed by atoms with Crippen molar-refractivity contribution >= 4 is 0 Å². The van der Waals surface area contributed by atoms with Crippen molar-refractivity contribution in [2.45, 2.75) is 50.6 Å². The first kappa shape index (κ1) is 12.6. The number of hydrogen-bond acceptors (Lipinski definition) is 1. The van der Waals surface area contributed by atoms with E-state index in [0.29, 0.717) is 19.4 Å².